The Labute approximate surface area is 173 Å². The molecule has 0 aliphatic carbocycles. The van der Waals surface area contributed by atoms with Crippen LogP contribution >= 0.6 is 0 Å². The number of ether oxygens (including phenoxy) is 1. The van der Waals surface area contributed by atoms with Crippen LogP contribution < -0.4 is 9.96 Å². The number of amides is 1. The van der Waals surface area contributed by atoms with E-state index in [9.17, 15) is 23.6 Å². The molecule has 1 amide bonds. The molecule has 1 aliphatic rings. The maximum Gasteiger partial charge on any atom is 0.269 e. The summed E-state index contributed by atoms with van der Waals surface area (Å²) in [6.45, 7) is -0.147. The summed E-state index contributed by atoms with van der Waals surface area (Å²) in [6, 6.07) is 17.5. The zero-order valence-electron chi connectivity index (χ0n) is 15.9. The molecule has 0 bridgehead atoms. The Morgan fingerprint density at radius 1 is 1.03 bits per heavy atom. The summed E-state index contributed by atoms with van der Waals surface area (Å²) in [6.07, 6.45) is 0. The van der Waals surface area contributed by atoms with Crippen LogP contribution in [-0.4, -0.2) is 30.9 Å². The predicted molar refractivity (Wildman–Crippen MR) is 108 cm³/mol. The van der Waals surface area contributed by atoms with Crippen molar-refractivity contribution in [3.05, 3.63) is 83.1 Å². The van der Waals surface area contributed by atoms with Crippen LogP contribution in [0.1, 0.15) is 15.9 Å². The average molecular weight is 426 g/mol. The number of nitrogens with one attached hydrogen (secondary N) is 1. The van der Waals surface area contributed by atoms with Gasteiger partial charge in [0.25, 0.3) is 15.9 Å². The summed E-state index contributed by atoms with van der Waals surface area (Å²) in [7, 11) is -2.44. The molecule has 0 spiro atoms. The Balaban J connectivity index is 1.73. The Bertz CT molecular complexity index is 1240. The number of rotatable bonds is 5. The van der Waals surface area contributed by atoms with Gasteiger partial charge in [0, 0.05) is 17.7 Å². The van der Waals surface area contributed by atoms with Gasteiger partial charge >= 0.3 is 0 Å². The van der Waals surface area contributed by atoms with Crippen molar-refractivity contribution in [3.63, 3.8) is 0 Å². The number of sulfonamides is 1. The molecule has 3 aromatic carbocycles. The van der Waals surface area contributed by atoms with Crippen LogP contribution in [0.3, 0.4) is 0 Å². The SMILES string of the molecule is COc1ccc(CN2C(=O)c3ccccc3S2(=O)=O)cc1-c1cccc([NH+]([O-])O)c1. The molecule has 0 fully saturated rings. The molecule has 30 heavy (non-hydrogen) atoms. The highest BCUT2D eigenvalue weighted by Crippen LogP contribution is 2.35. The lowest BCUT2D eigenvalue weighted by atomic mass is 10.0. The van der Waals surface area contributed by atoms with Gasteiger partial charge in [-0.3, -0.25) is 4.79 Å². The third kappa shape index (κ3) is 3.33. The third-order valence-corrected chi connectivity index (χ3v) is 6.71. The molecule has 1 heterocycles. The maximum absolute atomic E-state index is 12.8. The van der Waals surface area contributed by atoms with Gasteiger partial charge in [0.15, 0.2) is 5.69 Å². The van der Waals surface area contributed by atoms with Gasteiger partial charge in [0.05, 0.1) is 19.2 Å². The molecule has 8 nitrogen and oxygen atoms in total. The smallest absolute Gasteiger partial charge is 0.269 e. The summed E-state index contributed by atoms with van der Waals surface area (Å²) in [5.74, 6) is -0.0731. The van der Waals surface area contributed by atoms with Crippen molar-refractivity contribution in [3.8, 4) is 16.9 Å². The van der Waals surface area contributed by atoms with E-state index in [1.165, 1.54) is 31.4 Å². The highest BCUT2D eigenvalue weighted by Gasteiger charge is 2.40. The lowest BCUT2D eigenvalue weighted by Gasteiger charge is -2.17. The van der Waals surface area contributed by atoms with E-state index in [-0.39, 0.29) is 22.7 Å². The molecular weight excluding hydrogens is 408 g/mol. The topological polar surface area (TPSA) is 111 Å². The van der Waals surface area contributed by atoms with Gasteiger partial charge in [-0.05, 0) is 35.4 Å². The number of methoxy groups -OCH3 is 1. The summed E-state index contributed by atoms with van der Waals surface area (Å²) >= 11 is 0. The highest BCUT2D eigenvalue weighted by atomic mass is 32.2. The molecule has 0 saturated heterocycles. The number of nitrogens with zero attached hydrogens (tertiary/aromatic N) is 1. The Hall–Kier alpha value is -3.24. The lowest BCUT2D eigenvalue weighted by molar-refractivity contribution is -0.991. The molecular formula is C21H18N2O6S. The van der Waals surface area contributed by atoms with E-state index in [2.05, 4.69) is 0 Å². The van der Waals surface area contributed by atoms with Gasteiger partial charge in [-0.15, -0.1) is 0 Å². The number of benzene rings is 3. The summed E-state index contributed by atoms with van der Waals surface area (Å²) in [5, 5.41) is 19.5. The molecule has 4 rings (SSSR count). The largest absolute Gasteiger partial charge is 0.595 e. The number of carbonyl (C=O) groups excluding carboxylic acids is 1. The van der Waals surface area contributed by atoms with Gasteiger partial charge in [0.1, 0.15) is 10.6 Å². The minimum Gasteiger partial charge on any atom is -0.595 e. The van der Waals surface area contributed by atoms with E-state index in [1.807, 2.05) is 0 Å². The first-order valence-electron chi connectivity index (χ1n) is 8.99. The van der Waals surface area contributed by atoms with Gasteiger partial charge < -0.3 is 9.94 Å². The number of hydrogen-bond donors (Lipinski definition) is 2. The zero-order valence-corrected chi connectivity index (χ0v) is 16.7. The van der Waals surface area contributed by atoms with E-state index < -0.39 is 21.2 Å². The van der Waals surface area contributed by atoms with Crippen molar-refractivity contribution in [1.29, 1.82) is 0 Å². The molecule has 3 aromatic rings. The van der Waals surface area contributed by atoms with Crippen LogP contribution in [0.25, 0.3) is 11.1 Å². The van der Waals surface area contributed by atoms with Crippen molar-refractivity contribution in [2.45, 2.75) is 11.4 Å². The van der Waals surface area contributed by atoms with Crippen LogP contribution in [-0.2, 0) is 16.6 Å². The second-order valence-electron chi connectivity index (χ2n) is 6.73. The van der Waals surface area contributed by atoms with Crippen molar-refractivity contribution in [1.82, 2.24) is 4.31 Å². The molecule has 0 aromatic heterocycles. The molecule has 154 valence electrons. The van der Waals surface area contributed by atoms with E-state index in [4.69, 9.17) is 4.74 Å². The van der Waals surface area contributed by atoms with Crippen molar-refractivity contribution in [2.24, 2.45) is 0 Å². The fourth-order valence-corrected chi connectivity index (χ4v) is 5.01. The van der Waals surface area contributed by atoms with Crippen molar-refractivity contribution < 1.29 is 28.4 Å². The first-order chi connectivity index (χ1) is 14.3. The zero-order chi connectivity index (χ0) is 21.5. The first-order valence-corrected chi connectivity index (χ1v) is 10.4. The fraction of sp³-hybridized carbons (Fsp3) is 0.0952. The third-order valence-electron chi connectivity index (χ3n) is 4.92. The first kappa shape index (κ1) is 20.0. The van der Waals surface area contributed by atoms with Crippen molar-refractivity contribution in [2.75, 3.05) is 7.11 Å². The Morgan fingerprint density at radius 3 is 2.50 bits per heavy atom. The summed E-state index contributed by atoms with van der Waals surface area (Å²) in [5.41, 5.74) is 2.04. The standard InChI is InChI=1S/C21H18N2O6S/c1-29-19-10-9-14(11-18(19)15-5-4-6-16(12-15)23(25)26)13-22-21(24)17-7-2-3-8-20(17)30(22,27)28/h2-12,23,25H,13H2,1H3. The van der Waals surface area contributed by atoms with E-state index >= 15 is 0 Å². The maximum atomic E-state index is 12.8. The number of fused-ring (bicyclic) bond motifs is 1. The molecule has 1 aliphatic heterocycles. The van der Waals surface area contributed by atoms with Crippen LogP contribution in [0, 0.1) is 5.21 Å². The average Bonchev–Trinajstić information content (AvgIpc) is 2.94. The van der Waals surface area contributed by atoms with Crippen LogP contribution in [0.15, 0.2) is 71.6 Å². The van der Waals surface area contributed by atoms with E-state index in [1.54, 1.807) is 42.5 Å². The van der Waals surface area contributed by atoms with E-state index in [0.717, 1.165) is 4.31 Å². The normalized spacial score (nSPS) is 15.7. The minimum absolute atomic E-state index is 0.00195. The fourth-order valence-electron chi connectivity index (χ4n) is 3.45. The molecule has 0 radical (unpaired) electrons. The Kier molecular flexibility index (Phi) is 5.04. The lowest BCUT2D eigenvalue weighted by Crippen LogP contribution is -2.99. The van der Waals surface area contributed by atoms with Gasteiger partial charge in [-0.25, -0.2) is 17.9 Å². The van der Waals surface area contributed by atoms with Crippen LogP contribution in [0.4, 0.5) is 5.69 Å². The minimum atomic E-state index is -3.93. The molecule has 1 atom stereocenters. The van der Waals surface area contributed by atoms with E-state index in [0.29, 0.717) is 22.4 Å². The second kappa shape index (κ2) is 7.54. The quantitative estimate of drug-likeness (QED) is 0.605. The Morgan fingerprint density at radius 2 is 1.80 bits per heavy atom. The molecule has 9 heteroatoms. The number of carbonyl (C=O) groups is 1. The monoisotopic (exact) mass is 426 g/mol. The van der Waals surface area contributed by atoms with Crippen LogP contribution in [0.2, 0.25) is 0 Å². The van der Waals surface area contributed by atoms with Gasteiger partial charge in [0.2, 0.25) is 0 Å². The predicted octanol–water partition coefficient (Wildman–Crippen LogP) is 2.11. The molecule has 1 unspecified atom stereocenters. The van der Waals surface area contributed by atoms with Gasteiger partial charge in [-0.1, -0.05) is 30.3 Å². The highest BCUT2D eigenvalue weighted by molar-refractivity contribution is 7.90. The number of hydrogen-bond acceptors (Lipinski definition) is 6. The summed E-state index contributed by atoms with van der Waals surface area (Å²) in [4.78, 5) is 12.7. The summed E-state index contributed by atoms with van der Waals surface area (Å²) < 4.78 is 31.9. The molecule has 0 saturated carbocycles. The second-order valence-corrected chi connectivity index (χ2v) is 8.56. The number of quaternary nitrogens is 1. The van der Waals surface area contributed by atoms with Gasteiger partial charge in [-0.2, -0.15) is 5.23 Å². The molecule has 2 N–H and O–H groups in total. The van der Waals surface area contributed by atoms with Crippen molar-refractivity contribution >= 4 is 21.6 Å². The van der Waals surface area contributed by atoms with Crippen LogP contribution in [0.5, 0.6) is 5.75 Å².